The fourth-order valence-electron chi connectivity index (χ4n) is 1.17. The molecule has 11 heteroatoms. The first-order chi connectivity index (χ1) is 8.31. The van der Waals surface area contributed by atoms with E-state index in [-0.39, 0.29) is 12.1 Å². The second kappa shape index (κ2) is 4.56. The van der Waals surface area contributed by atoms with Crippen LogP contribution in [0.25, 0.3) is 0 Å². The SMILES string of the molecule is NS(=O)(=O)c1cc(OC(F)(F)F)ccc1C(F)(F)F. The molecule has 1 aromatic rings. The van der Waals surface area contributed by atoms with Crippen molar-refractivity contribution in [3.05, 3.63) is 23.8 Å². The lowest BCUT2D eigenvalue weighted by Gasteiger charge is -2.14. The highest BCUT2D eigenvalue weighted by Gasteiger charge is 2.38. The van der Waals surface area contributed by atoms with Gasteiger partial charge in [-0.3, -0.25) is 0 Å². The maximum Gasteiger partial charge on any atom is 0.573 e. The summed E-state index contributed by atoms with van der Waals surface area (Å²) in [5.41, 5.74) is -1.68. The Bertz CT molecular complexity index is 577. The first kappa shape index (κ1) is 15.6. The molecular formula is C8H5F6NO3S. The van der Waals surface area contributed by atoms with Crippen LogP contribution in [0.15, 0.2) is 23.1 Å². The molecule has 0 aliphatic rings. The van der Waals surface area contributed by atoms with Crippen LogP contribution in [0.2, 0.25) is 0 Å². The number of hydrogen-bond donors (Lipinski definition) is 1. The average Bonchev–Trinajstić information content (AvgIpc) is 2.11. The molecule has 0 spiro atoms. The number of benzene rings is 1. The van der Waals surface area contributed by atoms with Crippen molar-refractivity contribution < 1.29 is 39.5 Å². The van der Waals surface area contributed by atoms with Crippen molar-refractivity contribution in [2.75, 3.05) is 0 Å². The van der Waals surface area contributed by atoms with Crippen molar-refractivity contribution in [1.29, 1.82) is 0 Å². The van der Waals surface area contributed by atoms with E-state index in [0.29, 0.717) is 6.07 Å². The lowest BCUT2D eigenvalue weighted by Crippen LogP contribution is -2.21. The van der Waals surface area contributed by atoms with Gasteiger partial charge in [-0.2, -0.15) is 13.2 Å². The predicted molar refractivity (Wildman–Crippen MR) is 49.5 cm³/mol. The van der Waals surface area contributed by atoms with Crippen molar-refractivity contribution in [2.24, 2.45) is 5.14 Å². The highest BCUT2D eigenvalue weighted by molar-refractivity contribution is 7.89. The minimum absolute atomic E-state index is 0.0612. The third-order valence-electron chi connectivity index (χ3n) is 1.80. The van der Waals surface area contributed by atoms with Gasteiger partial charge in [0.1, 0.15) is 5.75 Å². The van der Waals surface area contributed by atoms with Crippen LogP contribution in [0, 0.1) is 0 Å². The highest BCUT2D eigenvalue weighted by atomic mass is 32.2. The van der Waals surface area contributed by atoms with Crippen molar-refractivity contribution in [3.63, 3.8) is 0 Å². The Hall–Kier alpha value is -1.49. The number of alkyl halides is 6. The minimum atomic E-state index is -5.17. The van der Waals surface area contributed by atoms with Gasteiger partial charge in [-0.15, -0.1) is 13.2 Å². The summed E-state index contributed by atoms with van der Waals surface area (Å²) >= 11 is 0. The molecule has 0 aromatic heterocycles. The van der Waals surface area contributed by atoms with Crippen LogP contribution in [0.3, 0.4) is 0 Å². The minimum Gasteiger partial charge on any atom is -0.406 e. The van der Waals surface area contributed by atoms with Crippen LogP contribution in [0.5, 0.6) is 5.75 Å². The van der Waals surface area contributed by atoms with Crippen molar-refractivity contribution in [3.8, 4) is 5.75 Å². The van der Waals surface area contributed by atoms with E-state index < -0.39 is 38.8 Å². The van der Waals surface area contributed by atoms with E-state index in [9.17, 15) is 34.8 Å². The Kier molecular flexibility index (Phi) is 3.74. The summed E-state index contributed by atoms with van der Waals surface area (Å²) in [6.07, 6.45) is -10.3. The van der Waals surface area contributed by atoms with E-state index in [1.54, 1.807) is 0 Å². The normalized spacial score (nSPS) is 13.4. The second-order valence-corrected chi connectivity index (χ2v) is 4.78. The number of sulfonamides is 1. The molecule has 108 valence electrons. The van der Waals surface area contributed by atoms with Gasteiger partial charge in [0.05, 0.1) is 10.5 Å². The monoisotopic (exact) mass is 309 g/mol. The molecule has 0 atom stereocenters. The maximum absolute atomic E-state index is 12.5. The quantitative estimate of drug-likeness (QED) is 0.852. The zero-order chi connectivity index (χ0) is 15.1. The van der Waals surface area contributed by atoms with Crippen LogP contribution < -0.4 is 9.88 Å². The van der Waals surface area contributed by atoms with E-state index in [2.05, 4.69) is 9.88 Å². The highest BCUT2D eigenvalue weighted by Crippen LogP contribution is 2.36. The Morgan fingerprint density at radius 1 is 1.05 bits per heavy atom. The fourth-order valence-corrected chi connectivity index (χ4v) is 1.94. The molecule has 0 heterocycles. The summed E-state index contributed by atoms with van der Waals surface area (Å²) in [7, 11) is -4.86. The summed E-state index contributed by atoms with van der Waals surface area (Å²) in [6, 6.07) is 0.539. The third kappa shape index (κ3) is 4.28. The van der Waals surface area contributed by atoms with Gasteiger partial charge in [-0.05, 0) is 12.1 Å². The van der Waals surface area contributed by atoms with E-state index >= 15 is 0 Å². The number of nitrogens with two attached hydrogens (primary N) is 1. The van der Waals surface area contributed by atoms with Crippen LogP contribution >= 0.6 is 0 Å². The van der Waals surface area contributed by atoms with E-state index in [4.69, 9.17) is 0 Å². The number of primary sulfonamides is 1. The lowest BCUT2D eigenvalue weighted by molar-refractivity contribution is -0.274. The van der Waals surface area contributed by atoms with Gasteiger partial charge >= 0.3 is 12.5 Å². The predicted octanol–water partition coefficient (Wildman–Crippen LogP) is 2.25. The van der Waals surface area contributed by atoms with Gasteiger partial charge < -0.3 is 4.74 Å². The maximum atomic E-state index is 12.5. The van der Waals surface area contributed by atoms with Crippen molar-refractivity contribution in [1.82, 2.24) is 0 Å². The number of ether oxygens (including phenoxy) is 1. The Morgan fingerprint density at radius 3 is 1.95 bits per heavy atom. The molecular weight excluding hydrogens is 304 g/mol. The van der Waals surface area contributed by atoms with Gasteiger partial charge in [0.25, 0.3) is 0 Å². The molecule has 0 unspecified atom stereocenters. The van der Waals surface area contributed by atoms with Gasteiger partial charge in [-0.1, -0.05) is 0 Å². The molecule has 1 rings (SSSR count). The lowest BCUT2D eigenvalue weighted by atomic mass is 10.2. The molecule has 0 amide bonds. The number of rotatable bonds is 2. The Morgan fingerprint density at radius 2 is 1.58 bits per heavy atom. The molecule has 0 saturated heterocycles. The molecule has 0 aliphatic heterocycles. The summed E-state index contributed by atoms with van der Waals surface area (Å²) in [5.74, 6) is -1.12. The van der Waals surface area contributed by atoms with Crippen LogP contribution in [0.4, 0.5) is 26.3 Å². The van der Waals surface area contributed by atoms with E-state index in [1.807, 2.05) is 0 Å². The van der Waals surface area contributed by atoms with Gasteiger partial charge in [0, 0.05) is 6.07 Å². The standard InChI is InChI=1S/C8H5F6NO3S/c9-7(10,11)5-2-1-4(18-8(12,13)14)3-6(5)19(15,16)17/h1-3H,(H2,15,16,17). The van der Waals surface area contributed by atoms with Crippen molar-refractivity contribution in [2.45, 2.75) is 17.4 Å². The largest absolute Gasteiger partial charge is 0.573 e. The van der Waals surface area contributed by atoms with E-state index in [1.165, 1.54) is 0 Å². The van der Waals surface area contributed by atoms with Gasteiger partial charge in [0.2, 0.25) is 10.0 Å². The third-order valence-corrected chi connectivity index (χ3v) is 2.75. The molecule has 0 radical (unpaired) electrons. The molecule has 0 saturated carbocycles. The first-order valence-corrected chi connectivity index (χ1v) is 5.85. The van der Waals surface area contributed by atoms with E-state index in [0.717, 1.165) is 0 Å². The fraction of sp³-hybridized carbons (Fsp3) is 0.250. The average molecular weight is 309 g/mol. The Labute approximate surface area is 102 Å². The van der Waals surface area contributed by atoms with Crippen LogP contribution in [-0.2, 0) is 16.2 Å². The molecule has 0 bridgehead atoms. The molecule has 2 N–H and O–H groups in total. The summed E-state index contributed by atoms with van der Waals surface area (Å²) in [4.78, 5) is -1.50. The molecule has 4 nitrogen and oxygen atoms in total. The van der Waals surface area contributed by atoms with Crippen LogP contribution in [-0.4, -0.2) is 14.8 Å². The Balaban J connectivity index is 3.41. The number of hydrogen-bond acceptors (Lipinski definition) is 3. The molecule has 1 aromatic carbocycles. The second-order valence-electron chi connectivity index (χ2n) is 3.25. The van der Waals surface area contributed by atoms with Gasteiger partial charge in [-0.25, -0.2) is 13.6 Å². The van der Waals surface area contributed by atoms with Crippen LogP contribution in [0.1, 0.15) is 5.56 Å². The summed E-state index contributed by atoms with van der Waals surface area (Å²) in [6.45, 7) is 0. The van der Waals surface area contributed by atoms with Crippen molar-refractivity contribution >= 4 is 10.0 Å². The first-order valence-electron chi connectivity index (χ1n) is 4.30. The molecule has 0 fully saturated rings. The zero-order valence-corrected chi connectivity index (χ0v) is 9.53. The molecule has 19 heavy (non-hydrogen) atoms. The molecule has 0 aliphatic carbocycles. The summed E-state index contributed by atoms with van der Waals surface area (Å²) in [5, 5.41) is 4.52. The van der Waals surface area contributed by atoms with Gasteiger partial charge in [0.15, 0.2) is 0 Å². The zero-order valence-electron chi connectivity index (χ0n) is 8.71. The smallest absolute Gasteiger partial charge is 0.406 e. The number of halogens is 6. The summed E-state index contributed by atoms with van der Waals surface area (Å²) < 4.78 is 98.3. The topological polar surface area (TPSA) is 69.4 Å².